The number of aryl methyl sites for hydroxylation is 1. The number of nitrogens with one attached hydrogen (secondary N) is 1. The second kappa shape index (κ2) is 5.65. The smallest absolute Gasteiger partial charge is 0.248 e. The molecule has 1 aromatic carbocycles. The molecule has 1 unspecified atom stereocenters. The van der Waals surface area contributed by atoms with Crippen molar-refractivity contribution >= 4 is 20.9 Å². The van der Waals surface area contributed by atoms with Crippen molar-refractivity contribution in [3.8, 4) is 0 Å². The Balaban J connectivity index is 1.70. The lowest BCUT2D eigenvalue weighted by molar-refractivity contribution is 0.0514. The number of piperidine rings is 1. The van der Waals surface area contributed by atoms with Crippen molar-refractivity contribution < 1.29 is 13.5 Å². The molecule has 0 spiro atoms. The van der Waals surface area contributed by atoms with E-state index in [2.05, 4.69) is 4.98 Å². The van der Waals surface area contributed by atoms with Crippen LogP contribution in [0.3, 0.4) is 0 Å². The molecule has 25 heavy (non-hydrogen) atoms. The van der Waals surface area contributed by atoms with Gasteiger partial charge < -0.3 is 10.1 Å². The average Bonchev–Trinajstić information content (AvgIpc) is 3.33. The van der Waals surface area contributed by atoms with Crippen LogP contribution in [-0.2, 0) is 10.0 Å². The topological polar surface area (TPSA) is 90.5 Å². The Morgan fingerprint density at radius 2 is 2.04 bits per heavy atom. The van der Waals surface area contributed by atoms with E-state index in [4.69, 9.17) is 0 Å². The fourth-order valence-electron chi connectivity index (χ4n) is 3.85. The van der Waals surface area contributed by atoms with E-state index in [0.717, 1.165) is 36.6 Å². The van der Waals surface area contributed by atoms with Crippen LogP contribution in [-0.4, -0.2) is 41.5 Å². The van der Waals surface area contributed by atoms with Gasteiger partial charge in [0.25, 0.3) is 0 Å². The number of aliphatic hydroxyl groups is 1. The summed E-state index contributed by atoms with van der Waals surface area (Å²) >= 11 is 0. The molecule has 4 rings (SSSR count). The van der Waals surface area contributed by atoms with E-state index in [9.17, 15) is 18.3 Å². The molecule has 2 aliphatic rings. The van der Waals surface area contributed by atoms with Gasteiger partial charge in [-0.25, -0.2) is 8.42 Å². The van der Waals surface area contributed by atoms with Gasteiger partial charge in [0.05, 0.1) is 10.5 Å². The summed E-state index contributed by atoms with van der Waals surface area (Å²) in [6.45, 7) is 2.66. The van der Waals surface area contributed by atoms with Gasteiger partial charge in [0.15, 0.2) is 0 Å². The first-order valence-electron chi connectivity index (χ1n) is 8.66. The molecule has 0 radical (unpaired) electrons. The zero-order valence-electron chi connectivity index (χ0n) is 14.2. The predicted molar refractivity (Wildman–Crippen MR) is 95.0 cm³/mol. The second-order valence-corrected chi connectivity index (χ2v) is 9.27. The van der Waals surface area contributed by atoms with Crippen molar-refractivity contribution in [2.45, 2.75) is 43.1 Å². The Labute approximate surface area is 146 Å². The van der Waals surface area contributed by atoms with Gasteiger partial charge in [-0.3, -0.25) is 4.79 Å². The minimum atomic E-state index is -3.62. The van der Waals surface area contributed by atoms with Gasteiger partial charge in [-0.15, -0.1) is 0 Å². The number of pyridine rings is 1. The van der Waals surface area contributed by atoms with Crippen molar-refractivity contribution in [3.63, 3.8) is 0 Å². The van der Waals surface area contributed by atoms with Crippen LogP contribution in [0.1, 0.15) is 31.2 Å². The normalized spacial score (nSPS) is 23.7. The average molecular weight is 362 g/mol. The molecule has 1 saturated carbocycles. The van der Waals surface area contributed by atoms with Crippen molar-refractivity contribution in [2.75, 3.05) is 13.1 Å². The molecule has 7 heteroatoms. The van der Waals surface area contributed by atoms with Crippen LogP contribution in [0.2, 0.25) is 0 Å². The first kappa shape index (κ1) is 16.8. The highest BCUT2D eigenvalue weighted by Crippen LogP contribution is 2.46. The Bertz CT molecular complexity index is 992. The Morgan fingerprint density at radius 3 is 2.76 bits per heavy atom. The summed E-state index contributed by atoms with van der Waals surface area (Å²) in [5.41, 5.74) is 0.526. The Morgan fingerprint density at radius 1 is 1.28 bits per heavy atom. The quantitative estimate of drug-likeness (QED) is 0.870. The van der Waals surface area contributed by atoms with Gasteiger partial charge >= 0.3 is 0 Å². The van der Waals surface area contributed by atoms with Gasteiger partial charge in [0.2, 0.25) is 15.6 Å². The van der Waals surface area contributed by atoms with Crippen molar-refractivity contribution in [2.24, 2.45) is 5.92 Å². The lowest BCUT2D eigenvalue weighted by Crippen LogP contribution is -2.44. The molecular weight excluding hydrogens is 340 g/mol. The second-order valence-electron chi connectivity index (χ2n) is 7.33. The highest BCUT2D eigenvalue weighted by molar-refractivity contribution is 7.89. The summed E-state index contributed by atoms with van der Waals surface area (Å²) in [4.78, 5) is 14.5. The van der Waals surface area contributed by atoms with E-state index >= 15 is 0 Å². The number of rotatable bonds is 3. The molecule has 0 bridgehead atoms. The minimum absolute atomic E-state index is 0.0228. The van der Waals surface area contributed by atoms with Gasteiger partial charge in [0.1, 0.15) is 0 Å². The number of fused-ring (bicyclic) bond motifs is 1. The zero-order chi connectivity index (χ0) is 17.8. The fourth-order valence-corrected chi connectivity index (χ4v) is 5.40. The number of aromatic nitrogens is 1. The maximum Gasteiger partial charge on any atom is 0.248 e. The molecule has 2 heterocycles. The number of nitrogens with zero attached hydrogens (tertiary/aromatic N) is 1. The van der Waals surface area contributed by atoms with E-state index in [1.165, 1.54) is 10.4 Å². The van der Waals surface area contributed by atoms with E-state index < -0.39 is 15.6 Å². The molecule has 1 aliphatic heterocycles. The van der Waals surface area contributed by atoms with E-state index in [1.807, 2.05) is 0 Å². The molecule has 2 fully saturated rings. The van der Waals surface area contributed by atoms with Crippen LogP contribution in [0.4, 0.5) is 0 Å². The Hall–Kier alpha value is -1.70. The SMILES string of the molecule is Cc1cc(=O)[nH]c2ccc(S(=O)(=O)N3CCCC(C4(O)CC4)C3)cc12. The summed E-state index contributed by atoms with van der Waals surface area (Å²) in [7, 11) is -3.62. The van der Waals surface area contributed by atoms with Crippen LogP contribution in [0.15, 0.2) is 34.0 Å². The number of H-pyrrole nitrogens is 1. The van der Waals surface area contributed by atoms with Crippen molar-refractivity contribution in [3.05, 3.63) is 40.2 Å². The number of hydrogen-bond donors (Lipinski definition) is 2. The first-order chi connectivity index (χ1) is 11.8. The van der Waals surface area contributed by atoms with Gasteiger partial charge in [-0.05, 0) is 56.4 Å². The third-order valence-corrected chi connectivity index (χ3v) is 7.43. The summed E-state index contributed by atoms with van der Waals surface area (Å²) in [6, 6.07) is 6.29. The summed E-state index contributed by atoms with van der Waals surface area (Å²) in [5, 5.41) is 11.1. The third-order valence-electron chi connectivity index (χ3n) is 5.57. The molecule has 1 aromatic heterocycles. The number of aromatic amines is 1. The van der Waals surface area contributed by atoms with Crippen LogP contribution in [0, 0.1) is 12.8 Å². The van der Waals surface area contributed by atoms with E-state index in [1.54, 1.807) is 25.1 Å². The van der Waals surface area contributed by atoms with Crippen LogP contribution in [0.25, 0.3) is 10.9 Å². The number of sulfonamides is 1. The van der Waals surface area contributed by atoms with Crippen molar-refractivity contribution in [1.29, 1.82) is 0 Å². The van der Waals surface area contributed by atoms with Gasteiger partial charge in [-0.1, -0.05) is 0 Å². The fraction of sp³-hybridized carbons (Fsp3) is 0.500. The standard InChI is InChI=1S/C18H22N2O4S/c1-12-9-17(21)19-16-5-4-14(10-15(12)16)25(23,24)20-8-2-3-13(11-20)18(22)6-7-18/h4-5,9-10,13,22H,2-3,6-8,11H2,1H3,(H,19,21). The van der Waals surface area contributed by atoms with Gasteiger partial charge in [-0.2, -0.15) is 4.31 Å². The summed E-state index contributed by atoms with van der Waals surface area (Å²) in [6.07, 6.45) is 3.19. The Kier molecular flexibility index (Phi) is 3.79. The molecule has 2 N–H and O–H groups in total. The van der Waals surface area contributed by atoms with Crippen LogP contribution >= 0.6 is 0 Å². The van der Waals surface area contributed by atoms with Crippen molar-refractivity contribution in [1.82, 2.24) is 9.29 Å². The molecule has 1 atom stereocenters. The highest BCUT2D eigenvalue weighted by atomic mass is 32.2. The molecule has 1 aliphatic carbocycles. The summed E-state index contributed by atoms with van der Waals surface area (Å²) < 4.78 is 27.6. The van der Waals surface area contributed by atoms with Gasteiger partial charge in [0, 0.05) is 36.0 Å². The first-order valence-corrected chi connectivity index (χ1v) is 10.1. The minimum Gasteiger partial charge on any atom is -0.390 e. The molecular formula is C18H22N2O4S. The van der Waals surface area contributed by atoms with Crippen LogP contribution < -0.4 is 5.56 Å². The zero-order valence-corrected chi connectivity index (χ0v) is 15.0. The molecule has 6 nitrogen and oxygen atoms in total. The molecule has 134 valence electrons. The molecule has 2 aromatic rings. The molecule has 1 saturated heterocycles. The van der Waals surface area contributed by atoms with E-state index in [-0.39, 0.29) is 16.4 Å². The van der Waals surface area contributed by atoms with Crippen LogP contribution in [0.5, 0.6) is 0 Å². The maximum absolute atomic E-state index is 13.1. The lowest BCUT2D eigenvalue weighted by atomic mass is 9.92. The predicted octanol–water partition coefficient (Wildman–Crippen LogP) is 1.76. The number of benzene rings is 1. The molecule has 0 amide bonds. The maximum atomic E-state index is 13.1. The third kappa shape index (κ3) is 2.90. The summed E-state index contributed by atoms with van der Waals surface area (Å²) in [5.74, 6) is 0.0228. The number of hydrogen-bond acceptors (Lipinski definition) is 4. The lowest BCUT2D eigenvalue weighted by Gasteiger charge is -2.34. The van der Waals surface area contributed by atoms with E-state index in [0.29, 0.717) is 18.6 Å². The largest absolute Gasteiger partial charge is 0.390 e. The highest BCUT2D eigenvalue weighted by Gasteiger charge is 2.49. The monoisotopic (exact) mass is 362 g/mol.